The van der Waals surface area contributed by atoms with Gasteiger partial charge in [-0.2, -0.15) is 17.8 Å². The molecule has 0 aliphatic carbocycles. The van der Waals surface area contributed by atoms with E-state index in [1.807, 2.05) is 49.0 Å². The number of morpholine rings is 1. The van der Waals surface area contributed by atoms with Crippen LogP contribution in [0.2, 0.25) is 5.02 Å². The Hall–Kier alpha value is -2.66. The molecule has 1 aromatic carbocycles. The van der Waals surface area contributed by atoms with E-state index in [4.69, 9.17) is 16.3 Å². The molecule has 3 aromatic rings. The predicted molar refractivity (Wildman–Crippen MR) is 118 cm³/mol. The summed E-state index contributed by atoms with van der Waals surface area (Å²) in [6, 6.07) is 7.53. The summed E-state index contributed by atoms with van der Waals surface area (Å²) in [7, 11) is -2.10. The maximum absolute atomic E-state index is 12.4. The van der Waals surface area contributed by atoms with Crippen LogP contribution >= 0.6 is 11.6 Å². The number of fused-ring (bicyclic) bond motifs is 1. The topological polar surface area (TPSA) is 98.5 Å². The van der Waals surface area contributed by atoms with E-state index in [0.29, 0.717) is 29.5 Å². The lowest BCUT2D eigenvalue weighted by molar-refractivity contribution is -0.114. The lowest BCUT2D eigenvalue weighted by Crippen LogP contribution is -2.48. The van der Waals surface area contributed by atoms with Crippen molar-refractivity contribution in [3.63, 3.8) is 0 Å². The number of hydrogen-bond acceptors (Lipinski definition) is 5. The quantitative estimate of drug-likeness (QED) is 0.584. The molecule has 31 heavy (non-hydrogen) atoms. The second-order valence-electron chi connectivity index (χ2n) is 7.15. The fraction of sp³-hybridized carbons (Fsp3) is 0.300. The van der Waals surface area contributed by atoms with Crippen molar-refractivity contribution in [1.29, 1.82) is 0 Å². The Morgan fingerprint density at radius 3 is 2.74 bits per heavy atom. The van der Waals surface area contributed by atoms with Gasteiger partial charge in [-0.05, 0) is 37.3 Å². The molecule has 0 bridgehead atoms. The van der Waals surface area contributed by atoms with Gasteiger partial charge >= 0.3 is 10.2 Å². The zero-order valence-electron chi connectivity index (χ0n) is 17.1. The summed E-state index contributed by atoms with van der Waals surface area (Å²) >= 11 is 6.09. The Bertz CT molecular complexity index is 1270. The highest BCUT2D eigenvalue weighted by Crippen LogP contribution is 2.27. The first-order chi connectivity index (χ1) is 14.8. The number of nitrogens with one attached hydrogen (secondary N) is 1. The van der Waals surface area contributed by atoms with E-state index in [9.17, 15) is 13.2 Å². The number of rotatable bonds is 5. The molecular weight excluding hydrogens is 442 g/mol. The first-order valence-electron chi connectivity index (χ1n) is 9.64. The fourth-order valence-corrected chi connectivity index (χ4v) is 4.87. The second kappa shape index (κ2) is 8.46. The third-order valence-corrected chi connectivity index (χ3v) is 6.80. The van der Waals surface area contributed by atoms with Crippen LogP contribution < -0.4 is 4.72 Å². The molecule has 0 radical (unpaired) electrons. The van der Waals surface area contributed by atoms with Crippen LogP contribution in [0.25, 0.3) is 22.8 Å². The number of ether oxygens (including phenoxy) is 1. The molecule has 1 saturated heterocycles. The zero-order chi connectivity index (χ0) is 22.2. The molecule has 1 N–H and O–H groups in total. The second-order valence-corrected chi connectivity index (χ2v) is 9.26. The Morgan fingerprint density at radius 1 is 1.26 bits per heavy atom. The number of nitrogens with zero attached hydrogens (tertiary/aromatic N) is 4. The molecule has 9 nitrogen and oxygen atoms in total. The largest absolute Gasteiger partial charge is 0.379 e. The smallest absolute Gasteiger partial charge is 0.304 e. The molecule has 0 spiro atoms. The maximum atomic E-state index is 12.4. The van der Waals surface area contributed by atoms with Crippen molar-refractivity contribution in [2.75, 3.05) is 26.3 Å². The van der Waals surface area contributed by atoms with Crippen molar-refractivity contribution in [2.24, 2.45) is 7.05 Å². The van der Waals surface area contributed by atoms with Gasteiger partial charge in [0.05, 0.1) is 24.4 Å². The molecule has 0 saturated carbocycles. The van der Waals surface area contributed by atoms with Crippen molar-refractivity contribution < 1.29 is 17.9 Å². The lowest BCUT2D eigenvalue weighted by Gasteiger charge is -2.25. The zero-order valence-corrected chi connectivity index (χ0v) is 18.7. The molecular formula is C20H22ClN5O4S. The first-order valence-corrected chi connectivity index (χ1v) is 11.5. The van der Waals surface area contributed by atoms with Gasteiger partial charge in [0, 0.05) is 48.4 Å². The van der Waals surface area contributed by atoms with Crippen molar-refractivity contribution in [3.8, 4) is 5.82 Å². The van der Waals surface area contributed by atoms with Gasteiger partial charge in [-0.25, -0.2) is 4.72 Å². The van der Waals surface area contributed by atoms with Crippen LogP contribution in [0, 0.1) is 6.92 Å². The van der Waals surface area contributed by atoms with Gasteiger partial charge in [0.2, 0.25) is 0 Å². The number of benzene rings is 1. The average molecular weight is 464 g/mol. The summed E-state index contributed by atoms with van der Waals surface area (Å²) in [5.74, 6) is 0.0137. The average Bonchev–Trinajstić information content (AvgIpc) is 3.25. The molecule has 2 aromatic heterocycles. The predicted octanol–water partition coefficient (Wildman–Crippen LogP) is 2.03. The third-order valence-electron chi connectivity index (χ3n) is 5.06. The monoisotopic (exact) mass is 463 g/mol. The number of carbonyl (C=O) groups excluding carboxylic acids is 1. The number of hydrogen-bond donors (Lipinski definition) is 1. The van der Waals surface area contributed by atoms with E-state index in [1.54, 1.807) is 10.8 Å². The van der Waals surface area contributed by atoms with Crippen LogP contribution in [0.3, 0.4) is 0 Å². The van der Waals surface area contributed by atoms with Crippen LogP contribution in [-0.2, 0) is 26.8 Å². The molecule has 164 valence electrons. The van der Waals surface area contributed by atoms with E-state index < -0.39 is 16.1 Å². The van der Waals surface area contributed by atoms with Gasteiger partial charge in [-0.1, -0.05) is 11.6 Å². The minimum atomic E-state index is -3.91. The van der Waals surface area contributed by atoms with E-state index >= 15 is 0 Å². The minimum Gasteiger partial charge on any atom is -0.379 e. The number of aromatic nitrogens is 3. The standard InChI is InChI=1S/C20H22ClN5O4S/c1-14-17(4-6-19(27)23-31(28,29)25-9-11-30-12-10-25)20(24(2)22-14)26-8-7-15-13-16(21)3-5-18(15)26/h3-8,13H,9-12H2,1-2H3,(H,23,27)/b6-4+. The van der Waals surface area contributed by atoms with Gasteiger partial charge < -0.3 is 9.30 Å². The fourth-order valence-electron chi connectivity index (χ4n) is 3.61. The van der Waals surface area contributed by atoms with Crippen molar-refractivity contribution in [2.45, 2.75) is 6.92 Å². The molecule has 1 aliphatic rings. The van der Waals surface area contributed by atoms with Crippen LogP contribution in [0.1, 0.15) is 11.3 Å². The van der Waals surface area contributed by atoms with Crippen LogP contribution in [0.15, 0.2) is 36.5 Å². The van der Waals surface area contributed by atoms with Crippen molar-refractivity contribution in [1.82, 2.24) is 23.4 Å². The molecule has 0 atom stereocenters. The minimum absolute atomic E-state index is 0.211. The summed E-state index contributed by atoms with van der Waals surface area (Å²) in [5, 5.41) is 6.08. The van der Waals surface area contributed by atoms with Gasteiger partial charge in [0.15, 0.2) is 0 Å². The SMILES string of the molecule is Cc1nn(C)c(-n2ccc3cc(Cl)ccc32)c1/C=C/C(=O)NS(=O)(=O)N1CCOCC1. The highest BCUT2D eigenvalue weighted by molar-refractivity contribution is 7.87. The molecule has 4 rings (SSSR count). The Labute approximate surface area is 185 Å². The number of carbonyl (C=O) groups is 1. The normalized spacial score (nSPS) is 15.7. The van der Waals surface area contributed by atoms with E-state index in [0.717, 1.165) is 16.7 Å². The van der Waals surface area contributed by atoms with Crippen molar-refractivity contribution >= 4 is 44.7 Å². The van der Waals surface area contributed by atoms with Crippen LogP contribution in [0.4, 0.5) is 0 Å². The number of halogens is 1. The third kappa shape index (κ3) is 4.38. The van der Waals surface area contributed by atoms with E-state index in [2.05, 4.69) is 9.82 Å². The Kier molecular flexibility index (Phi) is 5.89. The maximum Gasteiger partial charge on any atom is 0.304 e. The Balaban J connectivity index is 1.62. The summed E-state index contributed by atoms with van der Waals surface area (Å²) in [6.07, 6.45) is 4.68. The van der Waals surface area contributed by atoms with E-state index in [1.165, 1.54) is 10.4 Å². The van der Waals surface area contributed by atoms with Crippen molar-refractivity contribution in [3.05, 3.63) is 52.8 Å². The van der Waals surface area contributed by atoms with Gasteiger partial charge in [0.25, 0.3) is 5.91 Å². The van der Waals surface area contributed by atoms with Gasteiger partial charge in [0.1, 0.15) is 5.82 Å². The molecule has 1 fully saturated rings. The number of amides is 1. The van der Waals surface area contributed by atoms with Crippen LogP contribution in [-0.4, -0.2) is 59.3 Å². The highest BCUT2D eigenvalue weighted by atomic mass is 35.5. The Morgan fingerprint density at radius 2 is 2.00 bits per heavy atom. The summed E-state index contributed by atoms with van der Waals surface area (Å²) in [5.41, 5.74) is 2.34. The van der Waals surface area contributed by atoms with E-state index in [-0.39, 0.29) is 13.1 Å². The number of aryl methyl sites for hydroxylation is 2. The van der Waals surface area contributed by atoms with Gasteiger partial charge in [-0.3, -0.25) is 9.48 Å². The molecule has 0 unspecified atom stereocenters. The van der Waals surface area contributed by atoms with Gasteiger partial charge in [-0.15, -0.1) is 0 Å². The molecule has 1 amide bonds. The molecule has 1 aliphatic heterocycles. The summed E-state index contributed by atoms with van der Waals surface area (Å²) in [4.78, 5) is 12.4. The lowest BCUT2D eigenvalue weighted by atomic mass is 10.2. The first kappa shape index (κ1) is 21.6. The molecule has 3 heterocycles. The highest BCUT2D eigenvalue weighted by Gasteiger charge is 2.25. The van der Waals surface area contributed by atoms with Crippen LogP contribution in [0.5, 0.6) is 0 Å². The summed E-state index contributed by atoms with van der Waals surface area (Å²) < 4.78 is 36.9. The molecule has 11 heteroatoms. The summed E-state index contributed by atoms with van der Waals surface area (Å²) in [6.45, 7) is 2.86.